The smallest absolute Gasteiger partial charge is 0.240 e. The molecule has 0 spiro atoms. The molecule has 0 amide bonds. The Kier molecular flexibility index (Phi) is 5.42. The third kappa shape index (κ3) is 4.63. The number of benzene rings is 1. The first kappa shape index (κ1) is 18.9. The molecule has 11 heteroatoms. The van der Waals surface area contributed by atoms with Gasteiger partial charge in [0.25, 0.3) is 0 Å². The molecule has 8 nitrogen and oxygen atoms in total. The van der Waals surface area contributed by atoms with Crippen molar-refractivity contribution in [3.63, 3.8) is 0 Å². The quantitative estimate of drug-likeness (QED) is 0.591. The second kappa shape index (κ2) is 7.76. The third-order valence-corrected chi connectivity index (χ3v) is 4.95. The van der Waals surface area contributed by atoms with Crippen molar-refractivity contribution in [3.05, 3.63) is 60.2 Å². The molecule has 142 valence electrons. The molecule has 0 saturated carbocycles. The first-order chi connectivity index (χ1) is 12.8. The van der Waals surface area contributed by atoms with Crippen LogP contribution in [0.3, 0.4) is 0 Å². The summed E-state index contributed by atoms with van der Waals surface area (Å²) >= 11 is 0. The lowest BCUT2D eigenvalue weighted by Crippen LogP contribution is -2.29. The summed E-state index contributed by atoms with van der Waals surface area (Å²) in [4.78, 5) is 8.15. The van der Waals surface area contributed by atoms with Crippen molar-refractivity contribution in [1.29, 1.82) is 0 Å². The fraction of sp³-hybridized carbons (Fsp3) is 0.188. The molecule has 2 N–H and O–H groups in total. The van der Waals surface area contributed by atoms with E-state index in [-0.39, 0.29) is 18.0 Å². The molecule has 0 bridgehead atoms. The van der Waals surface area contributed by atoms with Crippen LogP contribution < -0.4 is 10.0 Å². The van der Waals surface area contributed by atoms with E-state index in [2.05, 4.69) is 25.1 Å². The van der Waals surface area contributed by atoms with Crippen molar-refractivity contribution in [1.82, 2.24) is 24.5 Å². The van der Waals surface area contributed by atoms with Crippen LogP contribution in [-0.4, -0.2) is 41.3 Å². The lowest BCUT2D eigenvalue weighted by molar-refractivity contribution is 0.504. The molecule has 0 atom stereocenters. The Hall–Kier alpha value is -2.92. The fourth-order valence-corrected chi connectivity index (χ4v) is 3.31. The van der Waals surface area contributed by atoms with Gasteiger partial charge in [-0.25, -0.2) is 36.6 Å². The van der Waals surface area contributed by atoms with E-state index in [0.717, 1.165) is 12.1 Å². The summed E-state index contributed by atoms with van der Waals surface area (Å²) in [6, 6.07) is 5.83. The zero-order valence-electron chi connectivity index (χ0n) is 14.2. The summed E-state index contributed by atoms with van der Waals surface area (Å²) in [5, 5.41) is 7.07. The summed E-state index contributed by atoms with van der Waals surface area (Å²) in [6.45, 7) is 1.96. The van der Waals surface area contributed by atoms with Crippen LogP contribution in [0.4, 0.5) is 14.6 Å². The normalized spacial score (nSPS) is 11.5. The van der Waals surface area contributed by atoms with E-state index in [1.54, 1.807) is 36.1 Å². The first-order valence-electron chi connectivity index (χ1n) is 7.89. The second-order valence-corrected chi connectivity index (χ2v) is 7.28. The van der Waals surface area contributed by atoms with Crippen LogP contribution in [0.2, 0.25) is 0 Å². The van der Waals surface area contributed by atoms with Crippen molar-refractivity contribution >= 4 is 15.8 Å². The van der Waals surface area contributed by atoms with Gasteiger partial charge in [-0.3, -0.25) is 0 Å². The summed E-state index contributed by atoms with van der Waals surface area (Å²) in [6.07, 6.45) is 3.36. The van der Waals surface area contributed by atoms with Gasteiger partial charge in [-0.1, -0.05) is 0 Å². The van der Waals surface area contributed by atoms with Gasteiger partial charge in [0.15, 0.2) is 17.5 Å². The van der Waals surface area contributed by atoms with Gasteiger partial charge in [0, 0.05) is 31.5 Å². The number of hydrogen-bond acceptors (Lipinski definition) is 6. The highest BCUT2D eigenvalue weighted by atomic mass is 32.2. The van der Waals surface area contributed by atoms with Gasteiger partial charge in [-0.2, -0.15) is 5.10 Å². The van der Waals surface area contributed by atoms with Crippen molar-refractivity contribution in [2.75, 3.05) is 18.4 Å². The number of rotatable bonds is 7. The molecule has 1 aromatic carbocycles. The minimum atomic E-state index is -3.95. The molecule has 2 heterocycles. The van der Waals surface area contributed by atoms with Crippen LogP contribution in [0, 0.1) is 18.6 Å². The highest BCUT2D eigenvalue weighted by Gasteiger charge is 2.16. The number of hydrogen-bond donors (Lipinski definition) is 2. The molecule has 0 fully saturated rings. The van der Waals surface area contributed by atoms with Crippen LogP contribution in [-0.2, 0) is 10.0 Å². The average molecular weight is 394 g/mol. The Balaban J connectivity index is 1.61. The number of nitrogens with zero attached hydrogens (tertiary/aromatic N) is 4. The number of aryl methyl sites for hydroxylation is 1. The molecule has 3 rings (SSSR count). The molecule has 3 aromatic rings. The molecule has 0 aliphatic rings. The predicted molar refractivity (Wildman–Crippen MR) is 93.9 cm³/mol. The zero-order valence-corrected chi connectivity index (χ0v) is 15.0. The van der Waals surface area contributed by atoms with Crippen molar-refractivity contribution in [2.45, 2.75) is 11.8 Å². The number of sulfonamides is 1. The number of halogens is 2. The maximum Gasteiger partial charge on any atom is 0.240 e. The van der Waals surface area contributed by atoms with E-state index in [1.165, 1.54) is 0 Å². The molecule has 0 radical (unpaired) electrons. The zero-order chi connectivity index (χ0) is 19.4. The standard InChI is InChI=1S/C16H16F2N6O2S/c1-11-22-15(10-16(23-11)24-8-2-5-20-24)19-6-7-21-27(25,26)12-3-4-13(17)14(18)9-12/h2-5,8-10,21H,6-7H2,1H3,(H,19,22,23). The molecule has 0 saturated heterocycles. The molecule has 0 aliphatic carbocycles. The molecule has 0 aliphatic heterocycles. The van der Waals surface area contributed by atoms with Crippen molar-refractivity contribution < 1.29 is 17.2 Å². The summed E-state index contributed by atoms with van der Waals surface area (Å²) in [7, 11) is -3.95. The van der Waals surface area contributed by atoms with Gasteiger partial charge in [-0.15, -0.1) is 0 Å². The molecular formula is C16H16F2N6O2S. The van der Waals surface area contributed by atoms with E-state index in [4.69, 9.17) is 0 Å². The summed E-state index contributed by atoms with van der Waals surface area (Å²) in [5.41, 5.74) is 0. The monoisotopic (exact) mass is 394 g/mol. The predicted octanol–water partition coefficient (Wildman–Crippen LogP) is 1.64. The minimum Gasteiger partial charge on any atom is -0.369 e. The maximum absolute atomic E-state index is 13.2. The number of aromatic nitrogens is 4. The van der Waals surface area contributed by atoms with Gasteiger partial charge in [0.05, 0.1) is 4.90 Å². The fourth-order valence-electron chi connectivity index (χ4n) is 2.27. The lowest BCUT2D eigenvalue weighted by Gasteiger charge is -2.10. The number of anilines is 1. The summed E-state index contributed by atoms with van der Waals surface area (Å²) < 4.78 is 54.2. The van der Waals surface area contributed by atoms with Crippen LogP contribution in [0.5, 0.6) is 0 Å². The topological polar surface area (TPSA) is 102 Å². The highest BCUT2D eigenvalue weighted by molar-refractivity contribution is 7.89. The van der Waals surface area contributed by atoms with Crippen molar-refractivity contribution in [2.24, 2.45) is 0 Å². The first-order valence-corrected chi connectivity index (χ1v) is 9.38. The third-order valence-electron chi connectivity index (χ3n) is 3.49. The Morgan fingerprint density at radius 3 is 2.63 bits per heavy atom. The van der Waals surface area contributed by atoms with Crippen LogP contribution in [0.25, 0.3) is 5.82 Å². The average Bonchev–Trinajstić information content (AvgIpc) is 3.15. The van der Waals surface area contributed by atoms with Gasteiger partial charge in [0.1, 0.15) is 11.6 Å². The number of nitrogens with one attached hydrogen (secondary N) is 2. The molecule has 2 aromatic heterocycles. The van der Waals surface area contributed by atoms with Gasteiger partial charge >= 0.3 is 0 Å². The van der Waals surface area contributed by atoms with Gasteiger partial charge in [0.2, 0.25) is 10.0 Å². The van der Waals surface area contributed by atoms with Crippen molar-refractivity contribution in [3.8, 4) is 5.82 Å². The molecular weight excluding hydrogens is 378 g/mol. The second-order valence-electron chi connectivity index (χ2n) is 5.51. The summed E-state index contributed by atoms with van der Waals surface area (Å²) in [5.74, 6) is -0.744. The van der Waals surface area contributed by atoms with Crippen LogP contribution in [0.15, 0.2) is 47.6 Å². The Bertz CT molecular complexity index is 1040. The van der Waals surface area contributed by atoms with Gasteiger partial charge in [-0.05, 0) is 31.2 Å². The van der Waals surface area contributed by atoms with E-state index in [1.807, 2.05) is 0 Å². The highest BCUT2D eigenvalue weighted by Crippen LogP contribution is 2.13. The van der Waals surface area contributed by atoms with E-state index < -0.39 is 21.7 Å². The maximum atomic E-state index is 13.2. The Morgan fingerprint density at radius 2 is 1.93 bits per heavy atom. The Labute approximate surface area is 154 Å². The Morgan fingerprint density at radius 1 is 1.11 bits per heavy atom. The van der Waals surface area contributed by atoms with E-state index in [9.17, 15) is 17.2 Å². The lowest BCUT2D eigenvalue weighted by atomic mass is 10.3. The van der Waals surface area contributed by atoms with E-state index >= 15 is 0 Å². The minimum absolute atomic E-state index is 0.0154. The van der Waals surface area contributed by atoms with Crippen LogP contribution >= 0.6 is 0 Å². The molecule has 0 unspecified atom stereocenters. The van der Waals surface area contributed by atoms with Crippen LogP contribution in [0.1, 0.15) is 5.82 Å². The van der Waals surface area contributed by atoms with Gasteiger partial charge < -0.3 is 5.32 Å². The van der Waals surface area contributed by atoms with E-state index in [0.29, 0.717) is 23.5 Å². The SMILES string of the molecule is Cc1nc(NCCNS(=O)(=O)c2ccc(F)c(F)c2)cc(-n2cccn2)n1. The molecule has 27 heavy (non-hydrogen) atoms. The largest absolute Gasteiger partial charge is 0.369 e.